The fraction of sp³-hybridized carbons (Fsp3) is 0.625. The van der Waals surface area contributed by atoms with Crippen molar-refractivity contribution in [2.45, 2.75) is 33.4 Å². The second kappa shape index (κ2) is 3.05. The molecule has 0 aromatic carbocycles. The lowest BCUT2D eigenvalue weighted by molar-refractivity contribution is 0.172. The van der Waals surface area contributed by atoms with Gasteiger partial charge in [0, 0.05) is 12.2 Å². The van der Waals surface area contributed by atoms with Crippen LogP contribution in [0.25, 0.3) is 0 Å². The van der Waals surface area contributed by atoms with E-state index >= 15 is 0 Å². The summed E-state index contributed by atoms with van der Waals surface area (Å²) in [6, 6.07) is 0. The maximum absolute atomic E-state index is 9.09. The van der Waals surface area contributed by atoms with Crippen LogP contribution < -0.4 is 0 Å². The summed E-state index contributed by atoms with van der Waals surface area (Å²) in [6.45, 7) is 6.38. The molecule has 1 heterocycles. The summed E-state index contributed by atoms with van der Waals surface area (Å²) in [5, 5.41) is 9.09. The molecule has 0 saturated carbocycles. The molecule has 0 aliphatic rings. The Morgan fingerprint density at radius 3 is 2.64 bits per heavy atom. The van der Waals surface area contributed by atoms with Crippen LogP contribution in [0.15, 0.2) is 6.33 Å². The minimum Gasteiger partial charge on any atom is -0.392 e. The molecule has 1 rings (SSSR count). The van der Waals surface area contributed by atoms with E-state index in [-0.39, 0.29) is 6.10 Å². The van der Waals surface area contributed by atoms with Crippen LogP contribution in [-0.2, 0) is 6.54 Å². The quantitative estimate of drug-likeness (QED) is 0.686. The highest BCUT2D eigenvalue weighted by Gasteiger charge is 2.03. The predicted molar refractivity (Wildman–Crippen MR) is 43.4 cm³/mol. The molecule has 3 nitrogen and oxygen atoms in total. The monoisotopic (exact) mass is 154 g/mol. The highest BCUT2D eigenvalue weighted by molar-refractivity contribution is 5.08. The van der Waals surface area contributed by atoms with Gasteiger partial charge in [-0.3, -0.25) is 0 Å². The molecule has 1 atom stereocenters. The van der Waals surface area contributed by atoms with Crippen molar-refractivity contribution in [2.24, 2.45) is 0 Å². The molecule has 1 aromatic rings. The first-order valence-electron chi connectivity index (χ1n) is 3.77. The molecular formula is C8H14N2O. The normalized spacial score (nSPS) is 13.5. The lowest BCUT2D eigenvalue weighted by atomic mass is 10.3. The van der Waals surface area contributed by atoms with E-state index in [1.54, 1.807) is 13.3 Å². The van der Waals surface area contributed by atoms with Gasteiger partial charge >= 0.3 is 0 Å². The zero-order valence-electron chi connectivity index (χ0n) is 7.20. The molecule has 0 amide bonds. The second-order valence-electron chi connectivity index (χ2n) is 2.92. The molecule has 62 valence electrons. The van der Waals surface area contributed by atoms with Crippen LogP contribution in [0.4, 0.5) is 0 Å². The molecule has 0 radical (unpaired) electrons. The summed E-state index contributed by atoms with van der Waals surface area (Å²) in [5.74, 6) is 0. The van der Waals surface area contributed by atoms with E-state index < -0.39 is 0 Å². The van der Waals surface area contributed by atoms with E-state index in [9.17, 15) is 0 Å². The number of aromatic nitrogens is 2. The first kappa shape index (κ1) is 8.27. The highest BCUT2D eigenvalue weighted by atomic mass is 16.3. The summed E-state index contributed by atoms with van der Waals surface area (Å²) in [4.78, 5) is 4.12. The number of aliphatic hydroxyl groups excluding tert-OH is 1. The Balaban J connectivity index is 2.79. The third-order valence-corrected chi connectivity index (χ3v) is 1.81. The number of nitrogens with zero attached hydrogens (tertiary/aromatic N) is 2. The zero-order chi connectivity index (χ0) is 8.43. The van der Waals surface area contributed by atoms with Gasteiger partial charge in [-0.1, -0.05) is 0 Å². The fourth-order valence-corrected chi connectivity index (χ4v) is 1.01. The molecule has 1 N–H and O–H groups in total. The average molecular weight is 154 g/mol. The summed E-state index contributed by atoms with van der Waals surface area (Å²) in [5.41, 5.74) is 2.16. The van der Waals surface area contributed by atoms with Crippen LogP contribution in [0.2, 0.25) is 0 Å². The first-order chi connectivity index (χ1) is 5.11. The molecule has 0 spiro atoms. The van der Waals surface area contributed by atoms with E-state index in [0.29, 0.717) is 6.54 Å². The van der Waals surface area contributed by atoms with Crippen LogP contribution in [0.1, 0.15) is 18.3 Å². The number of hydrogen-bond acceptors (Lipinski definition) is 2. The predicted octanol–water partition coefficient (Wildman–Crippen LogP) is 0.881. The molecule has 11 heavy (non-hydrogen) atoms. The third kappa shape index (κ3) is 1.80. The third-order valence-electron chi connectivity index (χ3n) is 1.81. The fourth-order valence-electron chi connectivity index (χ4n) is 1.01. The number of rotatable bonds is 2. The molecule has 0 bridgehead atoms. The lowest BCUT2D eigenvalue weighted by Crippen LogP contribution is -2.11. The Hall–Kier alpha value is -0.830. The maximum atomic E-state index is 9.09. The molecule has 0 saturated heterocycles. The van der Waals surface area contributed by atoms with Gasteiger partial charge in [-0.05, 0) is 20.8 Å². The van der Waals surface area contributed by atoms with Crippen molar-refractivity contribution >= 4 is 0 Å². The van der Waals surface area contributed by atoms with Gasteiger partial charge in [-0.25, -0.2) is 4.98 Å². The van der Waals surface area contributed by atoms with Crippen molar-refractivity contribution in [3.8, 4) is 0 Å². The first-order valence-corrected chi connectivity index (χ1v) is 3.77. The number of aryl methyl sites for hydroxylation is 1. The summed E-state index contributed by atoms with van der Waals surface area (Å²) < 4.78 is 1.96. The van der Waals surface area contributed by atoms with Crippen molar-refractivity contribution in [3.63, 3.8) is 0 Å². The van der Waals surface area contributed by atoms with Crippen molar-refractivity contribution in [1.82, 2.24) is 9.55 Å². The number of aliphatic hydroxyl groups is 1. The average Bonchev–Trinajstić information content (AvgIpc) is 2.18. The van der Waals surface area contributed by atoms with E-state index in [1.807, 2.05) is 18.4 Å². The Morgan fingerprint density at radius 2 is 2.27 bits per heavy atom. The summed E-state index contributed by atoms with van der Waals surface area (Å²) in [6.07, 6.45) is 1.46. The van der Waals surface area contributed by atoms with Gasteiger partial charge in [0.25, 0.3) is 0 Å². The molecule has 0 aliphatic heterocycles. The largest absolute Gasteiger partial charge is 0.392 e. The Labute approximate surface area is 66.7 Å². The van der Waals surface area contributed by atoms with Gasteiger partial charge in [0.2, 0.25) is 0 Å². The Kier molecular flexibility index (Phi) is 2.29. The van der Waals surface area contributed by atoms with Crippen LogP contribution in [0.3, 0.4) is 0 Å². The van der Waals surface area contributed by atoms with Gasteiger partial charge in [0.15, 0.2) is 0 Å². The van der Waals surface area contributed by atoms with Crippen LogP contribution in [0.5, 0.6) is 0 Å². The van der Waals surface area contributed by atoms with Crippen LogP contribution in [-0.4, -0.2) is 20.8 Å². The van der Waals surface area contributed by atoms with Crippen LogP contribution in [0, 0.1) is 13.8 Å². The molecule has 0 aliphatic carbocycles. The van der Waals surface area contributed by atoms with Gasteiger partial charge in [0.1, 0.15) is 0 Å². The Morgan fingerprint density at radius 1 is 1.64 bits per heavy atom. The Bertz CT molecular complexity index is 240. The van der Waals surface area contributed by atoms with E-state index in [4.69, 9.17) is 5.11 Å². The maximum Gasteiger partial charge on any atom is 0.0952 e. The molecule has 3 heteroatoms. The van der Waals surface area contributed by atoms with E-state index in [2.05, 4.69) is 4.98 Å². The van der Waals surface area contributed by atoms with Crippen molar-refractivity contribution in [1.29, 1.82) is 0 Å². The van der Waals surface area contributed by atoms with E-state index in [0.717, 1.165) is 11.4 Å². The SMILES string of the molecule is Cc1ncn(CC(C)O)c1C. The van der Waals surface area contributed by atoms with E-state index in [1.165, 1.54) is 0 Å². The number of hydrogen-bond donors (Lipinski definition) is 1. The van der Waals surface area contributed by atoms with Crippen LogP contribution >= 0.6 is 0 Å². The van der Waals surface area contributed by atoms with Gasteiger partial charge < -0.3 is 9.67 Å². The number of imidazole rings is 1. The topological polar surface area (TPSA) is 38.0 Å². The van der Waals surface area contributed by atoms with Crippen molar-refractivity contribution in [3.05, 3.63) is 17.7 Å². The van der Waals surface area contributed by atoms with Crippen molar-refractivity contribution < 1.29 is 5.11 Å². The smallest absolute Gasteiger partial charge is 0.0952 e. The molecule has 0 fully saturated rings. The van der Waals surface area contributed by atoms with Gasteiger partial charge in [-0.15, -0.1) is 0 Å². The molecule has 1 aromatic heterocycles. The molecular weight excluding hydrogens is 140 g/mol. The van der Waals surface area contributed by atoms with Gasteiger partial charge in [-0.2, -0.15) is 0 Å². The standard InChI is InChI=1S/C8H14N2O/c1-6(11)4-10-5-9-7(2)8(10)3/h5-6,11H,4H2,1-3H3. The summed E-state index contributed by atoms with van der Waals surface area (Å²) >= 11 is 0. The zero-order valence-corrected chi connectivity index (χ0v) is 7.20. The second-order valence-corrected chi connectivity index (χ2v) is 2.92. The lowest BCUT2D eigenvalue weighted by Gasteiger charge is -2.06. The highest BCUT2D eigenvalue weighted by Crippen LogP contribution is 2.04. The molecule has 1 unspecified atom stereocenters. The minimum absolute atomic E-state index is 0.303. The van der Waals surface area contributed by atoms with Gasteiger partial charge in [0.05, 0.1) is 18.1 Å². The van der Waals surface area contributed by atoms with Crippen molar-refractivity contribution in [2.75, 3.05) is 0 Å². The minimum atomic E-state index is -0.303. The summed E-state index contributed by atoms with van der Waals surface area (Å²) in [7, 11) is 0.